The minimum Gasteiger partial charge on any atom is -0.392 e. The topological polar surface area (TPSA) is 20.2 Å². The van der Waals surface area contributed by atoms with Gasteiger partial charge in [0.05, 0.1) is 6.61 Å². The van der Waals surface area contributed by atoms with E-state index in [1.165, 1.54) is 0 Å². The number of hydrogen-bond donors (Lipinski definition) is 1. The Morgan fingerprint density at radius 3 is 2.60 bits per heavy atom. The van der Waals surface area contributed by atoms with Crippen LogP contribution in [0.15, 0.2) is 24.3 Å². The fourth-order valence-corrected chi connectivity index (χ4v) is 0.722. The average molecular weight is 140 g/mol. The summed E-state index contributed by atoms with van der Waals surface area (Å²) >= 11 is 0. The Labute approximate surface area is 63.1 Å². The molecule has 0 aromatic heterocycles. The lowest BCUT2D eigenvalue weighted by Crippen LogP contribution is -1.86. The second-order valence-corrected chi connectivity index (χ2v) is 2.39. The molecule has 0 heterocycles. The van der Waals surface area contributed by atoms with Crippen LogP contribution in [0.25, 0.3) is 0 Å². The highest BCUT2D eigenvalue weighted by molar-refractivity contribution is 4.90. The molecule has 0 bridgehead atoms. The fourth-order valence-electron chi connectivity index (χ4n) is 0.722. The van der Waals surface area contributed by atoms with Crippen molar-refractivity contribution >= 4 is 0 Å². The summed E-state index contributed by atoms with van der Waals surface area (Å²) in [6.45, 7) is 4.30. The van der Waals surface area contributed by atoms with Crippen LogP contribution in [0.5, 0.6) is 0 Å². The molecule has 0 rings (SSSR count). The van der Waals surface area contributed by atoms with Crippen LogP contribution >= 0.6 is 0 Å². The second-order valence-electron chi connectivity index (χ2n) is 2.39. The van der Waals surface area contributed by atoms with Crippen LogP contribution in [-0.2, 0) is 0 Å². The standard InChI is InChI=1S/C9H16O/c1-3-4-6-9(2)7-5-8-10/h3-5,7,9-10H,6,8H2,1-2H3/b4-3+,7-5+/t9-/m1/s1. The molecular weight excluding hydrogens is 124 g/mol. The summed E-state index contributed by atoms with van der Waals surface area (Å²) in [6, 6.07) is 0. The Hall–Kier alpha value is -0.560. The Bertz CT molecular complexity index is 114. The number of hydrogen-bond acceptors (Lipinski definition) is 1. The molecule has 1 nitrogen and oxygen atoms in total. The van der Waals surface area contributed by atoms with Gasteiger partial charge in [0, 0.05) is 0 Å². The Morgan fingerprint density at radius 2 is 2.10 bits per heavy atom. The van der Waals surface area contributed by atoms with Crippen molar-refractivity contribution < 1.29 is 5.11 Å². The zero-order valence-electron chi connectivity index (χ0n) is 6.75. The van der Waals surface area contributed by atoms with E-state index in [0.717, 1.165) is 6.42 Å². The molecule has 0 fully saturated rings. The number of aliphatic hydroxyl groups is 1. The van der Waals surface area contributed by atoms with Gasteiger partial charge in [-0.05, 0) is 19.3 Å². The maximum Gasteiger partial charge on any atom is 0.0612 e. The largest absolute Gasteiger partial charge is 0.392 e. The summed E-state index contributed by atoms with van der Waals surface area (Å²) in [5.41, 5.74) is 0. The highest BCUT2D eigenvalue weighted by Gasteiger charge is 1.90. The van der Waals surface area contributed by atoms with Crippen LogP contribution in [0.2, 0.25) is 0 Å². The first kappa shape index (κ1) is 9.44. The number of allylic oxidation sites excluding steroid dienone is 3. The van der Waals surface area contributed by atoms with Crippen molar-refractivity contribution in [3.8, 4) is 0 Å². The van der Waals surface area contributed by atoms with Crippen molar-refractivity contribution in [2.75, 3.05) is 6.61 Å². The molecule has 0 aromatic rings. The van der Waals surface area contributed by atoms with Crippen LogP contribution < -0.4 is 0 Å². The van der Waals surface area contributed by atoms with Gasteiger partial charge >= 0.3 is 0 Å². The van der Waals surface area contributed by atoms with Crippen molar-refractivity contribution in [2.24, 2.45) is 5.92 Å². The molecule has 1 atom stereocenters. The van der Waals surface area contributed by atoms with Gasteiger partial charge in [-0.15, -0.1) is 0 Å². The molecule has 58 valence electrons. The van der Waals surface area contributed by atoms with E-state index in [1.54, 1.807) is 6.08 Å². The second kappa shape index (κ2) is 6.56. The average Bonchev–Trinajstić information content (AvgIpc) is 1.97. The highest BCUT2D eigenvalue weighted by Crippen LogP contribution is 2.03. The quantitative estimate of drug-likeness (QED) is 0.593. The summed E-state index contributed by atoms with van der Waals surface area (Å²) in [4.78, 5) is 0. The van der Waals surface area contributed by atoms with Gasteiger partial charge in [-0.25, -0.2) is 0 Å². The maximum atomic E-state index is 8.44. The molecule has 10 heavy (non-hydrogen) atoms. The molecule has 0 radical (unpaired) electrons. The first-order chi connectivity index (χ1) is 4.81. The summed E-state index contributed by atoms with van der Waals surface area (Å²) in [5, 5.41) is 8.44. The first-order valence-electron chi connectivity index (χ1n) is 3.70. The molecule has 0 aliphatic heterocycles. The van der Waals surface area contributed by atoms with E-state index in [2.05, 4.69) is 13.0 Å². The highest BCUT2D eigenvalue weighted by atomic mass is 16.2. The van der Waals surface area contributed by atoms with Crippen molar-refractivity contribution in [1.29, 1.82) is 0 Å². The van der Waals surface area contributed by atoms with Crippen molar-refractivity contribution in [3.63, 3.8) is 0 Å². The zero-order valence-corrected chi connectivity index (χ0v) is 6.75. The third-order valence-electron chi connectivity index (χ3n) is 1.31. The van der Waals surface area contributed by atoms with Crippen LogP contribution in [0, 0.1) is 5.92 Å². The SMILES string of the molecule is C/C=C/C[C@@H](C)/C=C/CO. The molecule has 1 heteroatoms. The summed E-state index contributed by atoms with van der Waals surface area (Å²) in [7, 11) is 0. The van der Waals surface area contributed by atoms with Gasteiger partial charge in [0.25, 0.3) is 0 Å². The van der Waals surface area contributed by atoms with Crippen LogP contribution in [0.4, 0.5) is 0 Å². The smallest absolute Gasteiger partial charge is 0.0612 e. The fraction of sp³-hybridized carbons (Fsp3) is 0.556. The van der Waals surface area contributed by atoms with Gasteiger partial charge in [0.1, 0.15) is 0 Å². The lowest BCUT2D eigenvalue weighted by Gasteiger charge is -1.98. The third-order valence-corrected chi connectivity index (χ3v) is 1.31. The molecule has 0 aliphatic carbocycles. The van der Waals surface area contributed by atoms with E-state index in [9.17, 15) is 0 Å². The Kier molecular flexibility index (Phi) is 6.19. The minimum absolute atomic E-state index is 0.153. The molecule has 1 N–H and O–H groups in total. The zero-order chi connectivity index (χ0) is 7.82. The summed E-state index contributed by atoms with van der Waals surface area (Å²) < 4.78 is 0. The number of rotatable bonds is 4. The molecule has 0 aliphatic rings. The van der Waals surface area contributed by atoms with Crippen LogP contribution in [0.3, 0.4) is 0 Å². The van der Waals surface area contributed by atoms with Crippen LogP contribution in [-0.4, -0.2) is 11.7 Å². The predicted molar refractivity (Wildman–Crippen MR) is 44.8 cm³/mol. The number of aliphatic hydroxyl groups excluding tert-OH is 1. The molecule has 0 saturated heterocycles. The van der Waals surface area contributed by atoms with Gasteiger partial charge in [0.2, 0.25) is 0 Å². The van der Waals surface area contributed by atoms with Crippen LogP contribution in [0.1, 0.15) is 20.3 Å². The molecular formula is C9H16O. The van der Waals surface area contributed by atoms with E-state index >= 15 is 0 Å². The molecule has 0 saturated carbocycles. The minimum atomic E-state index is 0.153. The molecule has 0 amide bonds. The van der Waals surface area contributed by atoms with E-state index in [0.29, 0.717) is 5.92 Å². The summed E-state index contributed by atoms with van der Waals surface area (Å²) in [6.07, 6.45) is 9.05. The third kappa shape index (κ3) is 5.57. The monoisotopic (exact) mass is 140 g/mol. The van der Waals surface area contributed by atoms with Gasteiger partial charge in [-0.2, -0.15) is 0 Å². The van der Waals surface area contributed by atoms with E-state index in [-0.39, 0.29) is 6.61 Å². The normalized spacial score (nSPS) is 15.1. The van der Waals surface area contributed by atoms with E-state index in [1.807, 2.05) is 19.1 Å². The van der Waals surface area contributed by atoms with Gasteiger partial charge in [-0.3, -0.25) is 0 Å². The lowest BCUT2D eigenvalue weighted by molar-refractivity contribution is 0.342. The predicted octanol–water partition coefficient (Wildman–Crippen LogP) is 2.14. The lowest BCUT2D eigenvalue weighted by atomic mass is 10.1. The van der Waals surface area contributed by atoms with Gasteiger partial charge in [0.15, 0.2) is 0 Å². The molecule has 0 unspecified atom stereocenters. The van der Waals surface area contributed by atoms with E-state index < -0.39 is 0 Å². The Morgan fingerprint density at radius 1 is 1.40 bits per heavy atom. The molecule has 0 spiro atoms. The van der Waals surface area contributed by atoms with Crippen molar-refractivity contribution in [1.82, 2.24) is 0 Å². The molecule has 0 aromatic carbocycles. The Balaban J connectivity index is 3.42. The van der Waals surface area contributed by atoms with Crippen molar-refractivity contribution in [2.45, 2.75) is 20.3 Å². The summed E-state index contributed by atoms with van der Waals surface area (Å²) in [5.74, 6) is 0.545. The van der Waals surface area contributed by atoms with Gasteiger partial charge < -0.3 is 5.11 Å². The van der Waals surface area contributed by atoms with E-state index in [4.69, 9.17) is 5.11 Å². The van der Waals surface area contributed by atoms with Gasteiger partial charge in [-0.1, -0.05) is 31.2 Å². The first-order valence-corrected chi connectivity index (χ1v) is 3.70. The maximum absolute atomic E-state index is 8.44. The van der Waals surface area contributed by atoms with Crippen molar-refractivity contribution in [3.05, 3.63) is 24.3 Å².